The molecule has 3 aromatic rings. The highest BCUT2D eigenvalue weighted by Gasteiger charge is 2.24. The van der Waals surface area contributed by atoms with Crippen molar-refractivity contribution in [1.29, 1.82) is 0 Å². The second-order valence-electron chi connectivity index (χ2n) is 8.59. The van der Waals surface area contributed by atoms with Gasteiger partial charge >= 0.3 is 5.97 Å². The zero-order chi connectivity index (χ0) is 22.8. The Bertz CT molecular complexity index is 1170. The average molecular weight is 455 g/mol. The lowest BCUT2D eigenvalue weighted by molar-refractivity contribution is -0.151. The smallest absolute Gasteiger partial charge is 0.326 e. The van der Waals surface area contributed by atoms with E-state index in [0.717, 1.165) is 47.4 Å². The first-order valence-electron chi connectivity index (χ1n) is 11.3. The Morgan fingerprint density at radius 2 is 1.84 bits per heavy atom. The predicted octanol–water partition coefficient (Wildman–Crippen LogP) is 5.26. The Morgan fingerprint density at radius 1 is 1.16 bits per heavy atom. The van der Waals surface area contributed by atoms with Crippen LogP contribution in [0.15, 0.2) is 29.1 Å². The van der Waals surface area contributed by atoms with Gasteiger partial charge < -0.3 is 9.47 Å². The number of hydrogen-bond acceptors (Lipinski definition) is 6. The minimum absolute atomic E-state index is 0.0470. The number of benzene rings is 1. The minimum atomic E-state index is -0.370. The number of carbonyl (C=O) groups is 1. The SMILES string of the molecule is CCOc1ccc(-c2c(C)sc3nc(C)n(CC(=O)OC4CCC(C)CC4)c(=O)c23)cc1. The van der Waals surface area contributed by atoms with Gasteiger partial charge in [0.2, 0.25) is 0 Å². The molecule has 1 fully saturated rings. The molecule has 7 heteroatoms. The molecule has 0 N–H and O–H groups in total. The fraction of sp³-hybridized carbons (Fsp3) is 0.480. The Kier molecular flexibility index (Phi) is 6.65. The summed E-state index contributed by atoms with van der Waals surface area (Å²) in [5.41, 5.74) is 1.61. The van der Waals surface area contributed by atoms with Crippen LogP contribution in [0.3, 0.4) is 0 Å². The summed E-state index contributed by atoms with van der Waals surface area (Å²) in [6, 6.07) is 7.73. The Labute approximate surface area is 192 Å². The minimum Gasteiger partial charge on any atom is -0.494 e. The lowest BCUT2D eigenvalue weighted by Gasteiger charge is -2.26. The molecule has 0 aliphatic heterocycles. The molecule has 1 aliphatic carbocycles. The summed E-state index contributed by atoms with van der Waals surface area (Å²) in [7, 11) is 0. The molecule has 0 bridgehead atoms. The first-order chi connectivity index (χ1) is 15.4. The maximum atomic E-state index is 13.5. The monoisotopic (exact) mass is 454 g/mol. The van der Waals surface area contributed by atoms with E-state index >= 15 is 0 Å². The molecule has 4 rings (SSSR count). The quantitative estimate of drug-likeness (QED) is 0.475. The molecule has 0 spiro atoms. The van der Waals surface area contributed by atoms with E-state index in [1.807, 2.05) is 38.1 Å². The van der Waals surface area contributed by atoms with Gasteiger partial charge in [-0.25, -0.2) is 4.98 Å². The molecule has 0 amide bonds. The van der Waals surface area contributed by atoms with Crippen molar-refractivity contribution in [3.8, 4) is 16.9 Å². The molecule has 0 unspecified atom stereocenters. The number of fused-ring (bicyclic) bond motifs is 1. The van der Waals surface area contributed by atoms with Crippen LogP contribution in [-0.4, -0.2) is 28.2 Å². The van der Waals surface area contributed by atoms with E-state index < -0.39 is 0 Å². The van der Waals surface area contributed by atoms with Gasteiger partial charge in [0.1, 0.15) is 29.1 Å². The van der Waals surface area contributed by atoms with E-state index in [-0.39, 0.29) is 24.2 Å². The van der Waals surface area contributed by atoms with Crippen LogP contribution in [0.2, 0.25) is 0 Å². The lowest BCUT2D eigenvalue weighted by atomic mass is 9.89. The second-order valence-corrected chi connectivity index (χ2v) is 9.80. The Morgan fingerprint density at radius 3 is 2.50 bits per heavy atom. The van der Waals surface area contributed by atoms with E-state index in [1.165, 1.54) is 15.9 Å². The zero-order valence-electron chi connectivity index (χ0n) is 19.1. The number of aryl methyl sites for hydroxylation is 2. The number of rotatable bonds is 6. The summed E-state index contributed by atoms with van der Waals surface area (Å²) in [6.07, 6.45) is 3.89. The van der Waals surface area contributed by atoms with Crippen molar-refractivity contribution >= 4 is 27.5 Å². The van der Waals surface area contributed by atoms with Crippen LogP contribution in [0.25, 0.3) is 21.3 Å². The van der Waals surface area contributed by atoms with E-state index in [4.69, 9.17) is 9.47 Å². The largest absolute Gasteiger partial charge is 0.494 e. The van der Waals surface area contributed by atoms with Crippen LogP contribution < -0.4 is 10.3 Å². The van der Waals surface area contributed by atoms with Crippen LogP contribution in [-0.2, 0) is 16.1 Å². The Balaban J connectivity index is 1.65. The molecule has 6 nitrogen and oxygen atoms in total. The maximum Gasteiger partial charge on any atom is 0.326 e. The number of esters is 1. The van der Waals surface area contributed by atoms with Crippen LogP contribution in [0.5, 0.6) is 5.75 Å². The first-order valence-corrected chi connectivity index (χ1v) is 12.1. The summed E-state index contributed by atoms with van der Waals surface area (Å²) >= 11 is 1.50. The fourth-order valence-corrected chi connectivity index (χ4v) is 5.50. The van der Waals surface area contributed by atoms with Gasteiger partial charge in [-0.05, 0) is 70.1 Å². The van der Waals surface area contributed by atoms with E-state index in [2.05, 4.69) is 11.9 Å². The van der Waals surface area contributed by atoms with Gasteiger partial charge in [0.15, 0.2) is 0 Å². The first kappa shape index (κ1) is 22.5. The van der Waals surface area contributed by atoms with Gasteiger partial charge in [-0.2, -0.15) is 0 Å². The van der Waals surface area contributed by atoms with Crippen molar-refractivity contribution in [1.82, 2.24) is 9.55 Å². The molecule has 1 aromatic carbocycles. The van der Waals surface area contributed by atoms with Crippen molar-refractivity contribution < 1.29 is 14.3 Å². The molecule has 1 aliphatic rings. The topological polar surface area (TPSA) is 70.4 Å². The highest BCUT2D eigenvalue weighted by atomic mass is 32.1. The van der Waals surface area contributed by atoms with Gasteiger partial charge in [-0.3, -0.25) is 14.2 Å². The maximum absolute atomic E-state index is 13.5. The molecule has 32 heavy (non-hydrogen) atoms. The third kappa shape index (κ3) is 4.58. The molecule has 2 heterocycles. The number of ether oxygens (including phenoxy) is 2. The number of aromatic nitrogens is 2. The molecule has 170 valence electrons. The molecule has 0 atom stereocenters. The number of nitrogens with zero attached hydrogens (tertiary/aromatic N) is 2. The molecule has 0 radical (unpaired) electrons. The molecule has 1 saturated carbocycles. The third-order valence-corrected chi connectivity index (χ3v) is 7.18. The number of thiophene rings is 1. The second kappa shape index (κ2) is 9.45. The van der Waals surface area contributed by atoms with Crippen LogP contribution in [0.4, 0.5) is 0 Å². The van der Waals surface area contributed by atoms with Gasteiger partial charge in [-0.15, -0.1) is 11.3 Å². The van der Waals surface area contributed by atoms with Crippen molar-refractivity contribution in [3.63, 3.8) is 0 Å². The van der Waals surface area contributed by atoms with Crippen LogP contribution in [0, 0.1) is 19.8 Å². The van der Waals surface area contributed by atoms with Crippen molar-refractivity contribution in [3.05, 3.63) is 45.3 Å². The summed E-state index contributed by atoms with van der Waals surface area (Å²) < 4.78 is 12.7. The van der Waals surface area contributed by atoms with Crippen molar-refractivity contribution in [2.75, 3.05) is 6.61 Å². The van der Waals surface area contributed by atoms with Crippen molar-refractivity contribution in [2.24, 2.45) is 5.92 Å². The summed E-state index contributed by atoms with van der Waals surface area (Å²) in [6.45, 7) is 8.42. The predicted molar refractivity (Wildman–Crippen MR) is 127 cm³/mol. The van der Waals surface area contributed by atoms with Gasteiger partial charge in [0.25, 0.3) is 5.56 Å². The molecular formula is C25H30N2O4S. The third-order valence-electron chi connectivity index (χ3n) is 6.18. The van der Waals surface area contributed by atoms with Gasteiger partial charge in [0, 0.05) is 10.4 Å². The summed E-state index contributed by atoms with van der Waals surface area (Å²) in [4.78, 5) is 32.5. The zero-order valence-corrected chi connectivity index (χ0v) is 20.0. The van der Waals surface area contributed by atoms with Gasteiger partial charge in [-0.1, -0.05) is 19.1 Å². The van der Waals surface area contributed by atoms with E-state index in [0.29, 0.717) is 28.6 Å². The Hall–Kier alpha value is -2.67. The lowest BCUT2D eigenvalue weighted by Crippen LogP contribution is -2.31. The number of carbonyl (C=O) groups excluding carboxylic acids is 1. The van der Waals surface area contributed by atoms with Crippen LogP contribution in [0.1, 0.15) is 50.2 Å². The van der Waals surface area contributed by atoms with Crippen molar-refractivity contribution in [2.45, 2.75) is 66.0 Å². The average Bonchev–Trinajstić information content (AvgIpc) is 3.09. The standard InChI is InChI=1S/C25H30N2O4S/c1-5-30-19-12-8-18(9-13-19)22-16(3)32-24-23(22)25(29)27(17(4)26-24)14-21(28)31-20-10-6-15(2)7-11-20/h8-9,12-13,15,20H,5-7,10-11,14H2,1-4H3. The van der Waals surface area contributed by atoms with Crippen LogP contribution >= 0.6 is 11.3 Å². The van der Waals surface area contributed by atoms with Gasteiger partial charge in [0.05, 0.1) is 12.0 Å². The fourth-order valence-electron chi connectivity index (χ4n) is 4.41. The molecule has 2 aromatic heterocycles. The molecular weight excluding hydrogens is 424 g/mol. The number of hydrogen-bond donors (Lipinski definition) is 0. The normalized spacial score (nSPS) is 18.6. The summed E-state index contributed by atoms with van der Waals surface area (Å²) in [5.74, 6) is 1.63. The molecule has 0 saturated heterocycles. The van der Waals surface area contributed by atoms with E-state index in [9.17, 15) is 9.59 Å². The summed E-state index contributed by atoms with van der Waals surface area (Å²) in [5, 5.41) is 0.557. The highest BCUT2D eigenvalue weighted by molar-refractivity contribution is 7.19. The highest BCUT2D eigenvalue weighted by Crippen LogP contribution is 2.36. The van der Waals surface area contributed by atoms with E-state index in [1.54, 1.807) is 6.92 Å².